The Kier molecular flexibility index (Phi) is 4.58. The molecule has 0 saturated heterocycles. The highest BCUT2D eigenvalue weighted by molar-refractivity contribution is 6.01. The average molecular weight is 415 g/mol. The van der Waals surface area contributed by atoms with E-state index in [0.29, 0.717) is 28.6 Å². The average Bonchev–Trinajstić information content (AvgIpc) is 3.49. The fraction of sp³-hybridized carbons (Fsp3) is 0.208. The van der Waals surface area contributed by atoms with Gasteiger partial charge in [0.2, 0.25) is 12.7 Å². The molecule has 2 heterocycles. The third kappa shape index (κ3) is 3.48. The molecular weight excluding hydrogens is 394 g/mol. The normalized spacial score (nSPS) is 15.3. The number of fused-ring (bicyclic) bond motifs is 1. The fourth-order valence-electron chi connectivity index (χ4n) is 3.80. The molecule has 2 N–H and O–H groups in total. The highest BCUT2D eigenvalue weighted by Crippen LogP contribution is 2.51. The summed E-state index contributed by atoms with van der Waals surface area (Å²) in [5.74, 6) is 1.66. The van der Waals surface area contributed by atoms with Crippen molar-refractivity contribution in [3.05, 3.63) is 71.8 Å². The van der Waals surface area contributed by atoms with Gasteiger partial charge in [-0.1, -0.05) is 24.3 Å². The molecule has 0 radical (unpaired) electrons. The van der Waals surface area contributed by atoms with Gasteiger partial charge in [0.25, 0.3) is 5.91 Å². The van der Waals surface area contributed by atoms with Crippen LogP contribution in [0.1, 0.15) is 28.8 Å². The first-order valence-electron chi connectivity index (χ1n) is 10.1. The van der Waals surface area contributed by atoms with Crippen LogP contribution in [0.3, 0.4) is 0 Å². The second-order valence-corrected chi connectivity index (χ2v) is 7.67. The summed E-state index contributed by atoms with van der Waals surface area (Å²) < 4.78 is 10.8. The molecule has 0 unspecified atom stereocenters. The molecule has 31 heavy (non-hydrogen) atoms. The van der Waals surface area contributed by atoms with Crippen LogP contribution in [0.4, 0.5) is 5.82 Å². The van der Waals surface area contributed by atoms with Crippen molar-refractivity contribution in [1.82, 2.24) is 10.3 Å². The first kappa shape index (κ1) is 19.1. The Morgan fingerprint density at radius 3 is 2.48 bits per heavy atom. The zero-order valence-electron chi connectivity index (χ0n) is 17.0. The molecule has 3 aromatic rings. The van der Waals surface area contributed by atoms with Crippen molar-refractivity contribution in [2.75, 3.05) is 19.2 Å². The van der Waals surface area contributed by atoms with Crippen LogP contribution in [0.15, 0.2) is 60.7 Å². The number of hydrogen-bond donors (Lipinski definition) is 2. The number of benzene rings is 2. The van der Waals surface area contributed by atoms with Crippen LogP contribution in [0.5, 0.6) is 11.5 Å². The van der Waals surface area contributed by atoms with Gasteiger partial charge in [0.15, 0.2) is 11.5 Å². The van der Waals surface area contributed by atoms with Gasteiger partial charge in [-0.05, 0) is 54.8 Å². The van der Waals surface area contributed by atoms with Crippen LogP contribution >= 0.6 is 0 Å². The maximum absolute atomic E-state index is 13.1. The summed E-state index contributed by atoms with van der Waals surface area (Å²) in [5, 5.41) is 5.58. The lowest BCUT2D eigenvalue weighted by Gasteiger charge is -2.16. The molecular formula is C24H21N3O4. The smallest absolute Gasteiger partial charge is 0.251 e. The van der Waals surface area contributed by atoms with Crippen molar-refractivity contribution < 1.29 is 19.1 Å². The van der Waals surface area contributed by atoms with Gasteiger partial charge >= 0.3 is 0 Å². The van der Waals surface area contributed by atoms with Crippen molar-refractivity contribution >= 4 is 17.6 Å². The van der Waals surface area contributed by atoms with Crippen molar-refractivity contribution in [2.45, 2.75) is 18.3 Å². The third-order valence-electron chi connectivity index (χ3n) is 5.77. The van der Waals surface area contributed by atoms with Gasteiger partial charge in [-0.25, -0.2) is 4.98 Å². The van der Waals surface area contributed by atoms with E-state index in [-0.39, 0.29) is 18.6 Å². The minimum atomic E-state index is -0.562. The molecule has 1 aliphatic carbocycles. The van der Waals surface area contributed by atoms with E-state index in [0.717, 1.165) is 24.0 Å². The topological polar surface area (TPSA) is 89.6 Å². The Bertz CT molecular complexity index is 1170. The number of carbonyl (C=O) groups is 2. The number of nitrogens with zero attached hydrogens (tertiary/aromatic N) is 1. The number of hydrogen-bond acceptors (Lipinski definition) is 5. The highest BCUT2D eigenvalue weighted by atomic mass is 16.7. The number of amides is 2. The second-order valence-electron chi connectivity index (χ2n) is 7.67. The highest BCUT2D eigenvalue weighted by Gasteiger charge is 2.51. The molecule has 0 atom stereocenters. The zero-order chi connectivity index (χ0) is 21.4. The molecule has 1 aromatic heterocycles. The largest absolute Gasteiger partial charge is 0.454 e. The van der Waals surface area contributed by atoms with E-state index in [2.05, 4.69) is 15.6 Å². The third-order valence-corrected chi connectivity index (χ3v) is 5.77. The van der Waals surface area contributed by atoms with Gasteiger partial charge < -0.3 is 20.1 Å². The lowest BCUT2D eigenvalue weighted by atomic mass is 9.94. The van der Waals surface area contributed by atoms with E-state index >= 15 is 0 Å². The van der Waals surface area contributed by atoms with E-state index < -0.39 is 5.41 Å². The maximum atomic E-state index is 13.1. The summed E-state index contributed by atoms with van der Waals surface area (Å²) in [4.78, 5) is 29.5. The monoisotopic (exact) mass is 415 g/mol. The van der Waals surface area contributed by atoms with Gasteiger partial charge in [0.05, 0.1) is 11.1 Å². The Labute approximate surface area is 179 Å². The number of carbonyl (C=O) groups excluding carboxylic acids is 2. The lowest BCUT2D eigenvalue weighted by molar-refractivity contribution is -0.118. The Hall–Kier alpha value is -3.87. The van der Waals surface area contributed by atoms with Crippen molar-refractivity contribution in [1.29, 1.82) is 0 Å². The number of pyridine rings is 1. The summed E-state index contributed by atoms with van der Waals surface area (Å²) in [6, 6.07) is 18.4. The minimum Gasteiger partial charge on any atom is -0.454 e. The van der Waals surface area contributed by atoms with Gasteiger partial charge in [-0.2, -0.15) is 0 Å². The van der Waals surface area contributed by atoms with Gasteiger partial charge in [0.1, 0.15) is 5.82 Å². The molecule has 2 aromatic carbocycles. The predicted octanol–water partition coefficient (Wildman–Crippen LogP) is 3.51. The molecule has 1 fully saturated rings. The SMILES string of the molecule is CNC(=O)c1ccc(-c2cccc(NC(=O)C3(c4ccc5c(c4)OCO5)CC3)n2)cc1. The molecule has 1 aliphatic heterocycles. The molecule has 156 valence electrons. The predicted molar refractivity (Wildman–Crippen MR) is 115 cm³/mol. The number of aromatic nitrogens is 1. The number of anilines is 1. The lowest BCUT2D eigenvalue weighted by Crippen LogP contribution is -2.28. The summed E-state index contributed by atoms with van der Waals surface area (Å²) >= 11 is 0. The van der Waals surface area contributed by atoms with Gasteiger partial charge in [0, 0.05) is 18.2 Å². The maximum Gasteiger partial charge on any atom is 0.251 e. The van der Waals surface area contributed by atoms with Crippen LogP contribution in [0.2, 0.25) is 0 Å². The second kappa shape index (κ2) is 7.43. The molecule has 1 saturated carbocycles. The molecule has 2 aliphatic rings. The molecule has 0 spiro atoms. The zero-order valence-corrected chi connectivity index (χ0v) is 17.0. The number of rotatable bonds is 5. The molecule has 7 nitrogen and oxygen atoms in total. The summed E-state index contributed by atoms with van der Waals surface area (Å²) in [5.41, 5.74) is 2.52. The fourth-order valence-corrected chi connectivity index (χ4v) is 3.80. The first-order valence-corrected chi connectivity index (χ1v) is 10.1. The Morgan fingerprint density at radius 1 is 0.968 bits per heavy atom. The van der Waals surface area contributed by atoms with E-state index in [1.807, 2.05) is 42.5 Å². The van der Waals surface area contributed by atoms with Crippen molar-refractivity contribution in [3.8, 4) is 22.8 Å². The summed E-state index contributed by atoms with van der Waals surface area (Å²) in [6.07, 6.45) is 1.55. The Balaban J connectivity index is 1.35. The molecule has 5 rings (SSSR count). The summed E-state index contributed by atoms with van der Waals surface area (Å²) in [7, 11) is 1.60. The molecule has 2 amide bonds. The van der Waals surface area contributed by atoms with E-state index in [1.54, 1.807) is 25.2 Å². The van der Waals surface area contributed by atoms with E-state index in [1.165, 1.54) is 0 Å². The van der Waals surface area contributed by atoms with E-state index in [4.69, 9.17) is 9.47 Å². The number of nitrogens with one attached hydrogen (secondary N) is 2. The molecule has 0 bridgehead atoms. The quantitative estimate of drug-likeness (QED) is 0.666. The first-order chi connectivity index (χ1) is 15.1. The minimum absolute atomic E-state index is 0.0778. The van der Waals surface area contributed by atoms with Crippen LogP contribution in [0, 0.1) is 0 Å². The number of ether oxygens (including phenoxy) is 2. The standard InChI is InChI=1S/C24H21N3O4/c1-25-22(28)16-7-5-15(6-8-16)18-3-2-4-21(26-18)27-23(29)24(11-12-24)17-9-10-19-20(13-17)31-14-30-19/h2-10,13H,11-12,14H2,1H3,(H,25,28)(H,26,27,29). The van der Waals surface area contributed by atoms with Crippen LogP contribution in [-0.2, 0) is 10.2 Å². The molecule has 7 heteroatoms. The van der Waals surface area contributed by atoms with E-state index in [9.17, 15) is 9.59 Å². The van der Waals surface area contributed by atoms with Gasteiger partial charge in [-0.15, -0.1) is 0 Å². The van der Waals surface area contributed by atoms with Crippen molar-refractivity contribution in [2.24, 2.45) is 0 Å². The Morgan fingerprint density at radius 2 is 1.74 bits per heavy atom. The van der Waals surface area contributed by atoms with Crippen LogP contribution < -0.4 is 20.1 Å². The van der Waals surface area contributed by atoms with Crippen LogP contribution in [-0.4, -0.2) is 30.6 Å². The van der Waals surface area contributed by atoms with Gasteiger partial charge in [-0.3, -0.25) is 9.59 Å². The summed E-state index contributed by atoms with van der Waals surface area (Å²) in [6.45, 7) is 0.207. The van der Waals surface area contributed by atoms with Crippen molar-refractivity contribution in [3.63, 3.8) is 0 Å². The van der Waals surface area contributed by atoms with Crippen LogP contribution in [0.25, 0.3) is 11.3 Å².